The Labute approximate surface area is 94.8 Å². The van der Waals surface area contributed by atoms with Crippen LogP contribution in [0.15, 0.2) is 11.1 Å². The summed E-state index contributed by atoms with van der Waals surface area (Å²) in [5.74, 6) is -0.760. The molecule has 0 radical (unpaired) electrons. The first kappa shape index (κ1) is 11.2. The Morgan fingerprint density at radius 1 is 1.59 bits per heavy atom. The summed E-state index contributed by atoms with van der Waals surface area (Å²) in [5, 5.41) is 7.33. The highest BCUT2D eigenvalue weighted by molar-refractivity contribution is 5.96. The van der Waals surface area contributed by atoms with Crippen LogP contribution >= 0.6 is 0 Å². The zero-order valence-electron chi connectivity index (χ0n) is 9.03. The molecule has 9 nitrogen and oxygen atoms in total. The topological polar surface area (TPSA) is 117 Å². The van der Waals surface area contributed by atoms with Crippen molar-refractivity contribution in [3.8, 4) is 0 Å². The molecule has 0 saturated carbocycles. The van der Waals surface area contributed by atoms with Gasteiger partial charge in [-0.25, -0.2) is 14.2 Å². The number of carbonyl (C=O) groups is 1. The van der Waals surface area contributed by atoms with Crippen molar-refractivity contribution in [3.05, 3.63) is 22.5 Å². The molecule has 2 N–H and O–H groups in total. The summed E-state index contributed by atoms with van der Waals surface area (Å²) in [6.07, 6.45) is 1.18. The Morgan fingerprint density at radius 3 is 3.00 bits per heavy atom. The monoisotopic (exact) mass is 238 g/mol. The Balaban J connectivity index is 2.54. The number of ether oxygens (including phenoxy) is 1. The molecule has 1 amide bonds. The summed E-state index contributed by atoms with van der Waals surface area (Å²) in [7, 11) is 0. The number of hydrogen-bond acceptors (Lipinski definition) is 6. The average molecular weight is 238 g/mol. The molecule has 9 heteroatoms. The van der Waals surface area contributed by atoms with Crippen LogP contribution in [0.1, 0.15) is 17.4 Å². The fourth-order valence-corrected chi connectivity index (χ4v) is 1.27. The molecule has 0 atom stereocenters. The van der Waals surface area contributed by atoms with Crippen LogP contribution < -0.4 is 11.4 Å². The van der Waals surface area contributed by atoms with E-state index in [2.05, 4.69) is 15.3 Å². The maximum absolute atomic E-state index is 11.8. The fourth-order valence-electron chi connectivity index (χ4n) is 1.27. The number of imidazole rings is 1. The fraction of sp³-hybridized carbons (Fsp3) is 0.375. The third kappa shape index (κ3) is 1.87. The summed E-state index contributed by atoms with van der Waals surface area (Å²) < 4.78 is 7.14. The van der Waals surface area contributed by atoms with E-state index in [1.165, 1.54) is 6.33 Å². The maximum Gasteiger partial charge on any atom is 0.355 e. The van der Waals surface area contributed by atoms with E-state index in [0.29, 0.717) is 6.61 Å². The lowest BCUT2D eigenvalue weighted by Crippen LogP contribution is -2.31. The molecule has 0 aliphatic heterocycles. The van der Waals surface area contributed by atoms with Gasteiger partial charge >= 0.3 is 5.69 Å². The van der Waals surface area contributed by atoms with E-state index in [0.717, 1.165) is 9.08 Å². The van der Waals surface area contributed by atoms with Crippen LogP contribution in [0.25, 0.3) is 5.65 Å². The van der Waals surface area contributed by atoms with Crippen molar-refractivity contribution < 1.29 is 9.53 Å². The molecule has 0 spiro atoms. The van der Waals surface area contributed by atoms with Crippen molar-refractivity contribution in [2.75, 3.05) is 6.61 Å². The zero-order valence-corrected chi connectivity index (χ0v) is 9.03. The van der Waals surface area contributed by atoms with Gasteiger partial charge in [0.15, 0.2) is 11.3 Å². The summed E-state index contributed by atoms with van der Waals surface area (Å²) in [5.41, 5.74) is 4.53. The summed E-state index contributed by atoms with van der Waals surface area (Å²) in [4.78, 5) is 26.5. The molecule has 2 aromatic heterocycles. The van der Waals surface area contributed by atoms with Gasteiger partial charge in [0, 0.05) is 6.61 Å². The largest absolute Gasteiger partial charge is 0.364 e. The molecule has 0 aliphatic rings. The normalized spacial score (nSPS) is 10.9. The molecule has 90 valence electrons. The minimum Gasteiger partial charge on any atom is -0.364 e. The van der Waals surface area contributed by atoms with Crippen LogP contribution in [-0.4, -0.2) is 36.9 Å². The second-order valence-corrected chi connectivity index (χ2v) is 3.14. The van der Waals surface area contributed by atoms with Gasteiger partial charge in [0.25, 0.3) is 5.91 Å². The quantitative estimate of drug-likeness (QED) is 0.683. The molecule has 0 unspecified atom stereocenters. The van der Waals surface area contributed by atoms with Crippen LogP contribution in [0.3, 0.4) is 0 Å². The Bertz CT molecular complexity index is 615. The first-order chi connectivity index (χ1) is 8.15. The van der Waals surface area contributed by atoms with E-state index in [-0.39, 0.29) is 18.1 Å². The predicted octanol–water partition coefficient (Wildman–Crippen LogP) is -1.62. The second kappa shape index (κ2) is 4.29. The molecule has 0 bridgehead atoms. The highest BCUT2D eigenvalue weighted by Gasteiger charge is 2.14. The number of primary amides is 1. The number of carbonyl (C=O) groups excluding carboxylic acids is 1. The van der Waals surface area contributed by atoms with Gasteiger partial charge in [0.2, 0.25) is 0 Å². The minimum absolute atomic E-state index is 0.0115. The van der Waals surface area contributed by atoms with Gasteiger partial charge in [-0.15, -0.1) is 5.10 Å². The lowest BCUT2D eigenvalue weighted by Gasteiger charge is -2.02. The third-order valence-corrected chi connectivity index (χ3v) is 2.07. The maximum atomic E-state index is 11.8. The summed E-state index contributed by atoms with van der Waals surface area (Å²) in [6, 6.07) is 0. The molecule has 2 heterocycles. The molecular formula is C8H10N6O3. The number of hydrogen-bond donors (Lipinski definition) is 1. The van der Waals surface area contributed by atoms with Gasteiger partial charge in [-0.3, -0.25) is 4.79 Å². The van der Waals surface area contributed by atoms with Crippen molar-refractivity contribution >= 4 is 11.6 Å². The number of amides is 1. The Morgan fingerprint density at radius 2 is 2.35 bits per heavy atom. The molecule has 0 aliphatic carbocycles. The van der Waals surface area contributed by atoms with E-state index in [1.54, 1.807) is 6.92 Å². The number of fused-ring (bicyclic) bond motifs is 1. The van der Waals surface area contributed by atoms with E-state index < -0.39 is 11.6 Å². The van der Waals surface area contributed by atoms with Gasteiger partial charge < -0.3 is 10.5 Å². The average Bonchev–Trinajstić information content (AvgIpc) is 2.73. The van der Waals surface area contributed by atoms with E-state index in [9.17, 15) is 9.59 Å². The van der Waals surface area contributed by atoms with Crippen molar-refractivity contribution in [2.24, 2.45) is 5.73 Å². The smallest absolute Gasteiger partial charge is 0.355 e. The molecule has 0 aromatic carbocycles. The first-order valence-electron chi connectivity index (χ1n) is 4.83. The van der Waals surface area contributed by atoms with Gasteiger partial charge in [0.1, 0.15) is 13.1 Å². The molecule has 2 rings (SSSR count). The lowest BCUT2D eigenvalue weighted by atomic mass is 10.4. The number of aromatic nitrogens is 5. The lowest BCUT2D eigenvalue weighted by molar-refractivity contribution is 0.0717. The zero-order chi connectivity index (χ0) is 12.4. The van der Waals surface area contributed by atoms with Crippen LogP contribution in [0, 0.1) is 0 Å². The molecular weight excluding hydrogens is 228 g/mol. The highest BCUT2D eigenvalue weighted by Crippen LogP contribution is 2.00. The van der Waals surface area contributed by atoms with Crippen molar-refractivity contribution in [2.45, 2.75) is 13.7 Å². The predicted molar refractivity (Wildman–Crippen MR) is 55.2 cm³/mol. The number of nitrogens with two attached hydrogens (primary N) is 1. The van der Waals surface area contributed by atoms with E-state index in [4.69, 9.17) is 10.5 Å². The second-order valence-electron chi connectivity index (χ2n) is 3.14. The number of nitrogens with zero attached hydrogens (tertiary/aromatic N) is 5. The van der Waals surface area contributed by atoms with Gasteiger partial charge in [-0.1, -0.05) is 5.21 Å². The van der Waals surface area contributed by atoms with Gasteiger partial charge in [-0.05, 0) is 6.92 Å². The molecule has 0 saturated heterocycles. The van der Waals surface area contributed by atoms with Crippen LogP contribution in [0.5, 0.6) is 0 Å². The standard InChI is InChI=1S/C8H10N6O3/c1-2-17-4-14-8(16)13-3-10-5(6(9)15)7(13)11-12-14/h3H,2,4H2,1H3,(H2,9,15). The van der Waals surface area contributed by atoms with Crippen LogP contribution in [0.2, 0.25) is 0 Å². The molecule has 0 fully saturated rings. The number of rotatable bonds is 4. The van der Waals surface area contributed by atoms with Crippen molar-refractivity contribution in [1.29, 1.82) is 0 Å². The Hall–Kier alpha value is -2.29. The van der Waals surface area contributed by atoms with Crippen LogP contribution in [-0.2, 0) is 11.5 Å². The third-order valence-electron chi connectivity index (χ3n) is 2.07. The Kier molecular flexibility index (Phi) is 2.83. The van der Waals surface area contributed by atoms with E-state index >= 15 is 0 Å². The summed E-state index contributed by atoms with van der Waals surface area (Å²) >= 11 is 0. The van der Waals surface area contributed by atoms with Gasteiger partial charge in [0.05, 0.1) is 0 Å². The van der Waals surface area contributed by atoms with E-state index in [1.807, 2.05) is 0 Å². The van der Waals surface area contributed by atoms with Crippen molar-refractivity contribution in [3.63, 3.8) is 0 Å². The molecule has 2 aromatic rings. The summed E-state index contributed by atoms with van der Waals surface area (Å²) in [6.45, 7) is 2.23. The highest BCUT2D eigenvalue weighted by atomic mass is 16.5. The minimum atomic E-state index is -0.760. The van der Waals surface area contributed by atoms with Gasteiger partial charge in [-0.2, -0.15) is 4.68 Å². The van der Waals surface area contributed by atoms with Crippen molar-refractivity contribution in [1.82, 2.24) is 24.4 Å². The van der Waals surface area contributed by atoms with Crippen LogP contribution in [0.4, 0.5) is 0 Å². The molecule has 17 heavy (non-hydrogen) atoms. The first-order valence-corrected chi connectivity index (χ1v) is 4.83. The SMILES string of the molecule is CCOCn1nnc2c(C(N)=O)ncn2c1=O.